The standard InChI is InChI=1S/C13H8FN3O3/c14-8-4-2-1-3-6(8)9-5-7(13(19)20)10-11(15-9)16-17-12(10)18/h1-5H,(H,19,20)(H2,15,16,17,18). The largest absolute Gasteiger partial charge is 0.478 e. The van der Waals surface area contributed by atoms with E-state index in [0.29, 0.717) is 0 Å². The monoisotopic (exact) mass is 273 g/mol. The molecule has 3 rings (SSSR count). The summed E-state index contributed by atoms with van der Waals surface area (Å²) in [5, 5.41) is 13.9. The Morgan fingerprint density at radius 2 is 2.00 bits per heavy atom. The van der Waals surface area contributed by atoms with Crippen molar-refractivity contribution in [3.05, 3.63) is 52.1 Å². The van der Waals surface area contributed by atoms with Gasteiger partial charge in [0.05, 0.1) is 16.6 Å². The summed E-state index contributed by atoms with van der Waals surface area (Å²) < 4.78 is 13.7. The van der Waals surface area contributed by atoms with Gasteiger partial charge in [-0.25, -0.2) is 14.2 Å². The summed E-state index contributed by atoms with van der Waals surface area (Å²) in [5.74, 6) is -1.80. The molecule has 2 heterocycles. The van der Waals surface area contributed by atoms with E-state index in [9.17, 15) is 19.1 Å². The van der Waals surface area contributed by atoms with Crippen molar-refractivity contribution < 1.29 is 14.3 Å². The first kappa shape index (κ1) is 12.1. The molecule has 7 heteroatoms. The summed E-state index contributed by atoms with van der Waals surface area (Å²) in [6, 6.07) is 7.06. The van der Waals surface area contributed by atoms with Crippen LogP contribution in [-0.4, -0.2) is 26.3 Å². The molecule has 0 atom stereocenters. The molecule has 0 spiro atoms. The highest BCUT2D eigenvalue weighted by atomic mass is 19.1. The van der Waals surface area contributed by atoms with Gasteiger partial charge < -0.3 is 5.11 Å². The van der Waals surface area contributed by atoms with Gasteiger partial charge in [-0.15, -0.1) is 0 Å². The van der Waals surface area contributed by atoms with E-state index >= 15 is 0 Å². The first-order valence-corrected chi connectivity index (χ1v) is 5.67. The highest BCUT2D eigenvalue weighted by Crippen LogP contribution is 2.24. The van der Waals surface area contributed by atoms with Crippen LogP contribution in [0.3, 0.4) is 0 Å². The second kappa shape index (κ2) is 4.30. The number of aromatic carboxylic acids is 1. The number of nitrogens with one attached hydrogen (secondary N) is 2. The molecule has 0 amide bonds. The van der Waals surface area contributed by atoms with E-state index in [0.717, 1.165) is 0 Å². The fourth-order valence-electron chi connectivity index (χ4n) is 2.02. The Morgan fingerprint density at radius 1 is 1.25 bits per heavy atom. The Hall–Kier alpha value is -2.96. The lowest BCUT2D eigenvalue weighted by Crippen LogP contribution is -2.06. The number of carbonyl (C=O) groups is 1. The maximum atomic E-state index is 13.7. The molecular weight excluding hydrogens is 265 g/mol. The van der Waals surface area contributed by atoms with Gasteiger partial charge in [0, 0.05) is 5.56 Å². The highest BCUT2D eigenvalue weighted by molar-refractivity contribution is 6.02. The number of aromatic amines is 2. The lowest BCUT2D eigenvalue weighted by Gasteiger charge is -2.04. The number of rotatable bonds is 2. The molecule has 6 nitrogen and oxygen atoms in total. The van der Waals surface area contributed by atoms with Crippen LogP contribution in [0.15, 0.2) is 35.1 Å². The van der Waals surface area contributed by atoms with E-state index in [1.165, 1.54) is 24.3 Å². The Bertz CT molecular complexity index is 882. The Kier molecular flexibility index (Phi) is 2.60. The zero-order valence-corrected chi connectivity index (χ0v) is 9.98. The molecule has 0 saturated carbocycles. The average Bonchev–Trinajstić information content (AvgIpc) is 2.80. The van der Waals surface area contributed by atoms with Crippen molar-refractivity contribution in [1.29, 1.82) is 0 Å². The van der Waals surface area contributed by atoms with Gasteiger partial charge in [-0.05, 0) is 18.2 Å². The summed E-state index contributed by atoms with van der Waals surface area (Å²) in [7, 11) is 0. The summed E-state index contributed by atoms with van der Waals surface area (Å²) in [4.78, 5) is 26.9. The maximum absolute atomic E-state index is 13.7. The van der Waals surface area contributed by atoms with E-state index in [1.54, 1.807) is 6.07 Å². The molecule has 0 aliphatic heterocycles. The quantitative estimate of drug-likeness (QED) is 0.662. The minimum absolute atomic E-state index is 0.0578. The first-order chi connectivity index (χ1) is 9.58. The third kappa shape index (κ3) is 1.76. The normalized spacial score (nSPS) is 10.8. The van der Waals surface area contributed by atoms with Crippen molar-refractivity contribution in [3.8, 4) is 11.3 Å². The smallest absolute Gasteiger partial charge is 0.336 e. The van der Waals surface area contributed by atoms with Crippen LogP contribution in [0.4, 0.5) is 4.39 Å². The van der Waals surface area contributed by atoms with Gasteiger partial charge in [0.15, 0.2) is 5.65 Å². The molecule has 3 N–H and O–H groups in total. The minimum atomic E-state index is -1.28. The molecule has 0 aliphatic carbocycles. The van der Waals surface area contributed by atoms with Crippen molar-refractivity contribution >= 4 is 17.0 Å². The van der Waals surface area contributed by atoms with Crippen LogP contribution in [0.1, 0.15) is 10.4 Å². The highest BCUT2D eigenvalue weighted by Gasteiger charge is 2.18. The van der Waals surface area contributed by atoms with Crippen molar-refractivity contribution in [2.24, 2.45) is 0 Å². The lowest BCUT2D eigenvalue weighted by atomic mass is 10.1. The number of hydrogen-bond acceptors (Lipinski definition) is 3. The third-order valence-electron chi connectivity index (χ3n) is 2.92. The van der Waals surface area contributed by atoms with Crippen LogP contribution >= 0.6 is 0 Å². The third-order valence-corrected chi connectivity index (χ3v) is 2.92. The number of hydrogen-bond donors (Lipinski definition) is 3. The predicted molar refractivity (Wildman–Crippen MR) is 69.1 cm³/mol. The summed E-state index contributed by atoms with van der Waals surface area (Å²) in [5.41, 5.74) is -0.420. The Balaban J connectivity index is 2.37. The topological polar surface area (TPSA) is 98.8 Å². The van der Waals surface area contributed by atoms with Crippen LogP contribution in [-0.2, 0) is 0 Å². The maximum Gasteiger partial charge on any atom is 0.336 e. The molecule has 3 aromatic rings. The number of nitrogens with zero attached hydrogens (tertiary/aromatic N) is 1. The van der Waals surface area contributed by atoms with E-state index in [1.807, 2.05) is 0 Å². The van der Waals surface area contributed by atoms with Gasteiger partial charge >= 0.3 is 5.97 Å². The molecule has 100 valence electrons. The average molecular weight is 273 g/mol. The molecule has 0 saturated heterocycles. The fraction of sp³-hybridized carbons (Fsp3) is 0. The second-order valence-electron chi connectivity index (χ2n) is 4.14. The number of fused-ring (bicyclic) bond motifs is 1. The van der Waals surface area contributed by atoms with Crippen LogP contribution in [0.25, 0.3) is 22.3 Å². The number of aromatic nitrogens is 3. The second-order valence-corrected chi connectivity index (χ2v) is 4.14. The number of carboxylic acids is 1. The minimum Gasteiger partial charge on any atom is -0.478 e. The molecule has 2 aromatic heterocycles. The number of halogens is 1. The summed E-state index contributed by atoms with van der Waals surface area (Å²) in [6.45, 7) is 0. The number of carboxylic acid groups (broad SMARTS) is 1. The van der Waals surface area contributed by atoms with Crippen molar-refractivity contribution in [3.63, 3.8) is 0 Å². The van der Waals surface area contributed by atoms with Gasteiger partial charge in [0.25, 0.3) is 5.56 Å². The van der Waals surface area contributed by atoms with Gasteiger partial charge in [0.2, 0.25) is 0 Å². The van der Waals surface area contributed by atoms with Crippen molar-refractivity contribution in [2.45, 2.75) is 0 Å². The molecule has 0 unspecified atom stereocenters. The Morgan fingerprint density at radius 3 is 2.70 bits per heavy atom. The zero-order chi connectivity index (χ0) is 14.3. The van der Waals surface area contributed by atoms with E-state index in [-0.39, 0.29) is 27.9 Å². The zero-order valence-electron chi connectivity index (χ0n) is 9.98. The molecular formula is C13H8FN3O3. The Labute approximate surface area is 110 Å². The lowest BCUT2D eigenvalue weighted by molar-refractivity contribution is 0.0699. The van der Waals surface area contributed by atoms with Crippen LogP contribution in [0, 0.1) is 5.82 Å². The summed E-state index contributed by atoms with van der Waals surface area (Å²) in [6.07, 6.45) is 0. The number of pyridine rings is 1. The molecule has 1 aromatic carbocycles. The molecule has 20 heavy (non-hydrogen) atoms. The van der Waals surface area contributed by atoms with Gasteiger partial charge in [-0.2, -0.15) is 0 Å². The number of H-pyrrole nitrogens is 2. The van der Waals surface area contributed by atoms with Crippen LogP contribution in [0.5, 0.6) is 0 Å². The van der Waals surface area contributed by atoms with E-state index < -0.39 is 17.3 Å². The van der Waals surface area contributed by atoms with Crippen LogP contribution in [0.2, 0.25) is 0 Å². The van der Waals surface area contributed by atoms with Crippen molar-refractivity contribution in [2.75, 3.05) is 0 Å². The summed E-state index contributed by atoms with van der Waals surface area (Å²) >= 11 is 0. The van der Waals surface area contributed by atoms with E-state index in [2.05, 4.69) is 15.2 Å². The molecule has 0 radical (unpaired) electrons. The number of benzene rings is 1. The van der Waals surface area contributed by atoms with E-state index in [4.69, 9.17) is 0 Å². The molecule has 0 bridgehead atoms. The van der Waals surface area contributed by atoms with Gasteiger partial charge in [-0.3, -0.25) is 15.0 Å². The first-order valence-electron chi connectivity index (χ1n) is 5.67. The van der Waals surface area contributed by atoms with Gasteiger partial charge in [0.1, 0.15) is 5.82 Å². The van der Waals surface area contributed by atoms with Gasteiger partial charge in [-0.1, -0.05) is 12.1 Å². The fourth-order valence-corrected chi connectivity index (χ4v) is 2.02. The van der Waals surface area contributed by atoms with Crippen molar-refractivity contribution in [1.82, 2.24) is 15.2 Å². The SMILES string of the molecule is O=C(O)c1cc(-c2ccccc2F)nc2[nH][nH]c(=O)c12. The predicted octanol–water partition coefficient (Wildman–Crippen LogP) is 1.76. The van der Waals surface area contributed by atoms with Crippen LogP contribution < -0.4 is 5.56 Å². The molecule has 0 aliphatic rings. The molecule has 0 fully saturated rings.